The maximum Gasteiger partial charge on any atom is 0.328 e. The van der Waals surface area contributed by atoms with E-state index in [0.29, 0.717) is 41.8 Å². The smallest absolute Gasteiger partial charge is 0.328 e. The summed E-state index contributed by atoms with van der Waals surface area (Å²) in [6.07, 6.45) is 13.1. The van der Waals surface area contributed by atoms with Gasteiger partial charge in [0.2, 0.25) is 12.3 Å². The maximum absolute atomic E-state index is 12.0. The summed E-state index contributed by atoms with van der Waals surface area (Å²) in [4.78, 5) is 44.7. The van der Waals surface area contributed by atoms with Gasteiger partial charge in [0.25, 0.3) is 0 Å². The molecule has 0 aliphatic heterocycles. The summed E-state index contributed by atoms with van der Waals surface area (Å²) in [5.74, 6) is -0.667. The second kappa shape index (κ2) is 22.3. The summed E-state index contributed by atoms with van der Waals surface area (Å²) in [5, 5.41) is 15.1. The number of nitrogens with one attached hydrogen (secondary N) is 2. The first kappa shape index (κ1) is 37.5. The molecule has 2 amide bonds. The van der Waals surface area contributed by atoms with E-state index in [1.165, 1.54) is 14.0 Å². The van der Waals surface area contributed by atoms with Crippen LogP contribution in [0.25, 0.3) is 0 Å². The van der Waals surface area contributed by atoms with Crippen LogP contribution >= 0.6 is 0 Å². The third-order valence-electron chi connectivity index (χ3n) is 5.42. The van der Waals surface area contributed by atoms with Crippen LogP contribution in [-0.4, -0.2) is 54.5 Å². The Bertz CT molecular complexity index is 934. The molecule has 0 aromatic rings. The lowest BCUT2D eigenvalue weighted by atomic mass is 10.0. The first-order valence-corrected chi connectivity index (χ1v) is 13.2. The number of aliphatic hydroxyl groups excluding tert-OH is 1. The van der Waals surface area contributed by atoms with E-state index in [0.717, 1.165) is 12.8 Å². The number of methoxy groups -OCH3 is 1. The number of Topliss-reactive ketones (excluding diaryl/α,β-unsaturated/α-hetero) is 1. The molecule has 3 unspecified atom stereocenters. The van der Waals surface area contributed by atoms with Gasteiger partial charge in [0.1, 0.15) is 6.04 Å². The highest BCUT2D eigenvalue weighted by Crippen LogP contribution is 2.14. The van der Waals surface area contributed by atoms with E-state index in [4.69, 9.17) is 11.5 Å². The Balaban J connectivity index is 0. The summed E-state index contributed by atoms with van der Waals surface area (Å²) in [7, 11) is 1.22. The van der Waals surface area contributed by atoms with Crippen molar-refractivity contribution >= 4 is 24.1 Å². The number of hydrogen-bond donors (Lipinski definition) is 5. The van der Waals surface area contributed by atoms with E-state index in [1.54, 1.807) is 25.2 Å². The number of nitrogens with two attached hydrogens (primary N) is 2. The second-order valence-corrected chi connectivity index (χ2v) is 8.53. The van der Waals surface area contributed by atoms with Crippen LogP contribution in [0.15, 0.2) is 59.0 Å². The Morgan fingerprint density at radius 3 is 2.33 bits per heavy atom. The zero-order valence-corrected chi connectivity index (χ0v) is 24.5. The minimum atomic E-state index is -0.932. The molecule has 0 saturated heterocycles. The van der Waals surface area contributed by atoms with Gasteiger partial charge < -0.3 is 31.9 Å². The number of amides is 2. The molecular formula is C29H48N4O6. The van der Waals surface area contributed by atoms with Crippen LogP contribution in [0, 0.1) is 0 Å². The summed E-state index contributed by atoms with van der Waals surface area (Å²) >= 11 is 0. The van der Waals surface area contributed by atoms with Gasteiger partial charge in [-0.3, -0.25) is 14.4 Å². The van der Waals surface area contributed by atoms with E-state index >= 15 is 0 Å². The molecule has 0 fully saturated rings. The number of allylic oxidation sites excluding steroid dienone is 7. The highest BCUT2D eigenvalue weighted by atomic mass is 16.5. The van der Waals surface area contributed by atoms with Gasteiger partial charge in [-0.05, 0) is 50.8 Å². The molecule has 10 heteroatoms. The summed E-state index contributed by atoms with van der Waals surface area (Å²) < 4.78 is 4.54. The summed E-state index contributed by atoms with van der Waals surface area (Å²) in [6, 6.07) is -0.894. The van der Waals surface area contributed by atoms with Gasteiger partial charge in [-0.1, -0.05) is 45.1 Å². The Kier molecular flexibility index (Phi) is 21.5. The number of carbonyl (C=O) groups excluding carboxylic acids is 4. The van der Waals surface area contributed by atoms with E-state index in [-0.39, 0.29) is 24.2 Å². The van der Waals surface area contributed by atoms with Crippen molar-refractivity contribution in [2.24, 2.45) is 11.5 Å². The molecule has 0 radical (unpaired) electrons. The Morgan fingerprint density at radius 2 is 1.79 bits per heavy atom. The minimum Gasteiger partial charge on any atom is -0.467 e. The minimum absolute atomic E-state index is 0.00132. The van der Waals surface area contributed by atoms with Crippen LogP contribution in [0.2, 0.25) is 0 Å². The fourth-order valence-electron chi connectivity index (χ4n) is 3.23. The van der Waals surface area contributed by atoms with E-state index < -0.39 is 18.1 Å². The molecule has 3 atom stereocenters. The van der Waals surface area contributed by atoms with Gasteiger partial charge in [0.05, 0.1) is 13.2 Å². The molecule has 1 rings (SSSR count). The molecule has 39 heavy (non-hydrogen) atoms. The summed E-state index contributed by atoms with van der Waals surface area (Å²) in [5.41, 5.74) is 13.7. The number of ketones is 1. The van der Waals surface area contributed by atoms with Crippen LogP contribution in [0.1, 0.15) is 73.6 Å². The average Bonchev–Trinajstić information content (AvgIpc) is 3.14. The van der Waals surface area contributed by atoms with E-state index in [2.05, 4.69) is 15.4 Å². The Morgan fingerprint density at radius 1 is 1.18 bits per heavy atom. The van der Waals surface area contributed by atoms with Gasteiger partial charge in [0.15, 0.2) is 5.78 Å². The predicted molar refractivity (Wildman–Crippen MR) is 155 cm³/mol. The highest BCUT2D eigenvalue weighted by Gasteiger charge is 2.23. The molecule has 1 aliphatic carbocycles. The number of esters is 1. The largest absolute Gasteiger partial charge is 0.467 e. The van der Waals surface area contributed by atoms with Gasteiger partial charge >= 0.3 is 5.97 Å². The lowest BCUT2D eigenvalue weighted by molar-refractivity contribution is -0.144. The van der Waals surface area contributed by atoms with E-state index in [1.807, 2.05) is 45.9 Å². The second-order valence-electron chi connectivity index (χ2n) is 8.53. The van der Waals surface area contributed by atoms with Crippen LogP contribution in [0.5, 0.6) is 0 Å². The van der Waals surface area contributed by atoms with Crippen molar-refractivity contribution in [1.82, 2.24) is 10.6 Å². The lowest BCUT2D eigenvalue weighted by Gasteiger charge is -2.19. The number of rotatable bonds is 13. The third kappa shape index (κ3) is 16.7. The molecule has 10 nitrogen and oxygen atoms in total. The third-order valence-corrected chi connectivity index (χ3v) is 5.42. The fraction of sp³-hybridized carbons (Fsp3) is 0.517. The molecular weight excluding hydrogens is 500 g/mol. The van der Waals surface area contributed by atoms with Crippen molar-refractivity contribution in [3.63, 3.8) is 0 Å². The zero-order chi connectivity index (χ0) is 30.4. The Hall–Kier alpha value is -3.66. The van der Waals surface area contributed by atoms with Gasteiger partial charge in [-0.25, -0.2) is 4.79 Å². The van der Waals surface area contributed by atoms with Crippen LogP contribution in [0.4, 0.5) is 0 Å². The standard InChI is InChI=1S/C14H20N2O2.C13H22N2O4.C2H6/c1-10(16-11(2)17)8-9-14(18)12-6-4-3-5-7-13(12)15;1-4-5-6-10(14)9(2)12(17)7-11(15-8-16)13(18)19-3;1-2/h4-7,10H,3,8-9,15H2,1-2H3,(H,16,17);5-6,8,11-12,17H,4,7,14H2,1-3H3,(H,15,16);1-2H3/b;6-5-,10-9-;. The lowest BCUT2D eigenvalue weighted by Crippen LogP contribution is -2.40. The fourth-order valence-corrected chi connectivity index (χ4v) is 3.23. The molecule has 0 saturated carbocycles. The van der Waals surface area contributed by atoms with Gasteiger partial charge in [-0.15, -0.1) is 0 Å². The highest BCUT2D eigenvalue weighted by molar-refractivity contribution is 5.99. The predicted octanol–water partition coefficient (Wildman–Crippen LogP) is 2.84. The van der Waals surface area contributed by atoms with Crippen LogP contribution < -0.4 is 22.1 Å². The van der Waals surface area contributed by atoms with Crippen molar-refractivity contribution in [3.8, 4) is 0 Å². The average molecular weight is 549 g/mol. The molecule has 0 spiro atoms. The van der Waals surface area contributed by atoms with Gasteiger partial charge in [-0.2, -0.15) is 0 Å². The van der Waals surface area contributed by atoms with Crippen molar-refractivity contribution < 1.29 is 29.0 Å². The Labute approximate surface area is 233 Å². The summed E-state index contributed by atoms with van der Waals surface area (Å²) in [6.45, 7) is 11.0. The van der Waals surface area contributed by atoms with Crippen LogP contribution in [-0.2, 0) is 23.9 Å². The topological polar surface area (TPSA) is 174 Å². The van der Waals surface area contributed by atoms with E-state index in [9.17, 15) is 24.3 Å². The van der Waals surface area contributed by atoms with Gasteiger partial charge in [0, 0.05) is 42.8 Å². The van der Waals surface area contributed by atoms with Crippen LogP contribution in [0.3, 0.4) is 0 Å². The number of carbonyl (C=O) groups is 4. The molecule has 1 aliphatic rings. The maximum atomic E-state index is 12.0. The number of hydrogen-bond acceptors (Lipinski definition) is 8. The molecule has 7 N–H and O–H groups in total. The molecule has 0 heterocycles. The SMILES string of the molecule is CC.CC(=O)NC(C)CCC(=O)C1=C(N)C=CCC=C1.CC/C=C\C(N)=C(/C)C(O)CC(NC=O)C(=O)OC. The first-order chi connectivity index (χ1) is 18.5. The zero-order valence-electron chi connectivity index (χ0n) is 24.5. The quantitative estimate of drug-likeness (QED) is 0.133. The van der Waals surface area contributed by atoms with Crippen molar-refractivity contribution in [3.05, 3.63) is 59.0 Å². The normalized spacial score (nSPS) is 15.3. The molecule has 0 aromatic heterocycles. The first-order valence-electron chi connectivity index (χ1n) is 13.2. The van der Waals surface area contributed by atoms with Crippen molar-refractivity contribution in [2.75, 3.05) is 7.11 Å². The number of aliphatic hydroxyl groups is 1. The monoisotopic (exact) mass is 548 g/mol. The molecule has 220 valence electrons. The molecule has 0 aromatic carbocycles. The van der Waals surface area contributed by atoms with Crippen molar-refractivity contribution in [1.29, 1.82) is 0 Å². The van der Waals surface area contributed by atoms with Crippen molar-refractivity contribution in [2.45, 2.75) is 91.8 Å². The number of ether oxygens (including phenoxy) is 1. The molecule has 0 bridgehead atoms.